The van der Waals surface area contributed by atoms with Crippen LogP contribution in [0.2, 0.25) is 5.02 Å². The van der Waals surface area contributed by atoms with E-state index in [1.54, 1.807) is 12.1 Å². The van der Waals surface area contributed by atoms with E-state index in [-0.39, 0.29) is 11.2 Å². The predicted molar refractivity (Wildman–Crippen MR) is 59.5 cm³/mol. The van der Waals surface area contributed by atoms with Gasteiger partial charge >= 0.3 is 0 Å². The SMILES string of the molecule is CC(C)CC(Cl)c1ccc(Cl)cc1F. The first-order valence-corrected chi connectivity index (χ1v) is 5.41. The van der Waals surface area contributed by atoms with E-state index in [1.807, 2.05) is 0 Å². The lowest BCUT2D eigenvalue weighted by Gasteiger charge is -2.13. The second-order valence-electron chi connectivity index (χ2n) is 3.76. The zero-order chi connectivity index (χ0) is 10.7. The van der Waals surface area contributed by atoms with Gasteiger partial charge in [-0.3, -0.25) is 0 Å². The molecule has 0 amide bonds. The molecule has 1 atom stereocenters. The van der Waals surface area contributed by atoms with Crippen LogP contribution in [-0.4, -0.2) is 0 Å². The summed E-state index contributed by atoms with van der Waals surface area (Å²) in [5, 5.41) is 0.131. The predicted octanol–water partition coefficient (Wildman–Crippen LogP) is 4.81. The van der Waals surface area contributed by atoms with Crippen LogP contribution in [-0.2, 0) is 0 Å². The monoisotopic (exact) mass is 234 g/mol. The second kappa shape index (κ2) is 4.99. The Labute approximate surface area is 94.0 Å². The molecule has 0 spiro atoms. The molecular formula is C11H13Cl2F. The average Bonchev–Trinajstić information content (AvgIpc) is 2.01. The maximum absolute atomic E-state index is 13.4. The van der Waals surface area contributed by atoms with Crippen LogP contribution in [0, 0.1) is 11.7 Å². The van der Waals surface area contributed by atoms with Gasteiger partial charge < -0.3 is 0 Å². The van der Waals surface area contributed by atoms with Gasteiger partial charge in [0.25, 0.3) is 0 Å². The molecule has 0 nitrogen and oxygen atoms in total. The number of benzene rings is 1. The van der Waals surface area contributed by atoms with Gasteiger partial charge in [0.1, 0.15) is 5.82 Å². The zero-order valence-electron chi connectivity index (χ0n) is 8.23. The molecule has 78 valence electrons. The highest BCUT2D eigenvalue weighted by atomic mass is 35.5. The van der Waals surface area contributed by atoms with E-state index in [0.717, 1.165) is 6.42 Å². The van der Waals surface area contributed by atoms with Crippen LogP contribution in [0.3, 0.4) is 0 Å². The van der Waals surface area contributed by atoms with E-state index in [1.165, 1.54) is 6.07 Å². The lowest BCUT2D eigenvalue weighted by Crippen LogP contribution is -1.99. The van der Waals surface area contributed by atoms with Crippen molar-refractivity contribution < 1.29 is 4.39 Å². The standard InChI is InChI=1S/C11H13Cl2F/c1-7(2)5-10(13)9-4-3-8(12)6-11(9)14/h3-4,6-7,10H,5H2,1-2H3. The molecule has 3 heteroatoms. The molecule has 0 bridgehead atoms. The van der Waals surface area contributed by atoms with Crippen LogP contribution >= 0.6 is 23.2 Å². The Morgan fingerprint density at radius 2 is 2.00 bits per heavy atom. The highest BCUT2D eigenvalue weighted by molar-refractivity contribution is 6.30. The van der Waals surface area contributed by atoms with Crippen molar-refractivity contribution in [3.05, 3.63) is 34.6 Å². The van der Waals surface area contributed by atoms with Crippen molar-refractivity contribution in [1.29, 1.82) is 0 Å². The summed E-state index contributed by atoms with van der Waals surface area (Å²) in [6.45, 7) is 4.12. The Morgan fingerprint density at radius 1 is 1.36 bits per heavy atom. The average molecular weight is 235 g/mol. The van der Waals surface area contributed by atoms with Gasteiger partial charge in [0.2, 0.25) is 0 Å². The summed E-state index contributed by atoms with van der Waals surface area (Å²) >= 11 is 11.7. The molecule has 0 aliphatic heterocycles. The molecule has 1 aromatic rings. The smallest absolute Gasteiger partial charge is 0.129 e. The van der Waals surface area contributed by atoms with E-state index in [9.17, 15) is 4.39 Å². The quantitative estimate of drug-likeness (QED) is 0.660. The molecule has 0 aromatic heterocycles. The number of hydrogen-bond acceptors (Lipinski definition) is 0. The Morgan fingerprint density at radius 3 is 2.50 bits per heavy atom. The number of hydrogen-bond donors (Lipinski definition) is 0. The summed E-state index contributed by atoms with van der Waals surface area (Å²) in [7, 11) is 0. The molecule has 0 fully saturated rings. The van der Waals surface area contributed by atoms with E-state index in [4.69, 9.17) is 23.2 Å². The summed E-state index contributed by atoms with van der Waals surface area (Å²) in [5.41, 5.74) is 0.532. The van der Waals surface area contributed by atoms with Crippen LogP contribution in [0.4, 0.5) is 4.39 Å². The largest absolute Gasteiger partial charge is 0.207 e. The Hall–Kier alpha value is -0.270. The highest BCUT2D eigenvalue weighted by Crippen LogP contribution is 2.30. The first-order valence-electron chi connectivity index (χ1n) is 4.59. The van der Waals surface area contributed by atoms with Crippen molar-refractivity contribution in [1.82, 2.24) is 0 Å². The minimum absolute atomic E-state index is 0.271. The van der Waals surface area contributed by atoms with Gasteiger partial charge in [0.15, 0.2) is 0 Å². The summed E-state index contributed by atoms with van der Waals surface area (Å²) < 4.78 is 13.4. The maximum atomic E-state index is 13.4. The molecule has 0 aliphatic carbocycles. The molecule has 1 unspecified atom stereocenters. The zero-order valence-corrected chi connectivity index (χ0v) is 9.74. The van der Waals surface area contributed by atoms with Crippen LogP contribution in [0.25, 0.3) is 0 Å². The third-order valence-electron chi connectivity index (χ3n) is 1.98. The van der Waals surface area contributed by atoms with Crippen molar-refractivity contribution >= 4 is 23.2 Å². The van der Waals surface area contributed by atoms with Crippen molar-refractivity contribution in [2.45, 2.75) is 25.6 Å². The van der Waals surface area contributed by atoms with Gasteiger partial charge in [0.05, 0.1) is 5.38 Å². The van der Waals surface area contributed by atoms with Gasteiger partial charge in [-0.2, -0.15) is 0 Å². The van der Waals surface area contributed by atoms with Crippen LogP contribution < -0.4 is 0 Å². The summed E-state index contributed by atoms with van der Waals surface area (Å²) in [6.07, 6.45) is 0.764. The fourth-order valence-electron chi connectivity index (χ4n) is 1.30. The Balaban J connectivity index is 2.84. The number of halogens is 3. The van der Waals surface area contributed by atoms with Gasteiger partial charge in [-0.15, -0.1) is 11.6 Å². The van der Waals surface area contributed by atoms with E-state index in [0.29, 0.717) is 16.5 Å². The first-order chi connectivity index (χ1) is 6.50. The van der Waals surface area contributed by atoms with Crippen LogP contribution in [0.5, 0.6) is 0 Å². The van der Waals surface area contributed by atoms with Crippen molar-refractivity contribution in [2.75, 3.05) is 0 Å². The molecule has 0 heterocycles. The molecular weight excluding hydrogens is 222 g/mol. The number of rotatable bonds is 3. The van der Waals surface area contributed by atoms with Crippen molar-refractivity contribution in [3.8, 4) is 0 Å². The summed E-state index contributed by atoms with van der Waals surface area (Å²) in [6, 6.07) is 4.61. The maximum Gasteiger partial charge on any atom is 0.129 e. The third kappa shape index (κ3) is 3.14. The van der Waals surface area contributed by atoms with Crippen LogP contribution in [0.1, 0.15) is 31.2 Å². The highest BCUT2D eigenvalue weighted by Gasteiger charge is 2.14. The van der Waals surface area contributed by atoms with Gasteiger partial charge in [-0.25, -0.2) is 4.39 Å². The van der Waals surface area contributed by atoms with Gasteiger partial charge in [0, 0.05) is 10.6 Å². The first kappa shape index (κ1) is 11.8. The number of alkyl halides is 1. The molecule has 0 saturated heterocycles. The van der Waals surface area contributed by atoms with Crippen LogP contribution in [0.15, 0.2) is 18.2 Å². The Bertz CT molecular complexity index is 310. The van der Waals surface area contributed by atoms with Crippen molar-refractivity contribution in [2.24, 2.45) is 5.92 Å². The fraction of sp³-hybridized carbons (Fsp3) is 0.455. The van der Waals surface area contributed by atoms with Crippen molar-refractivity contribution in [3.63, 3.8) is 0 Å². The minimum atomic E-state index is -0.321. The topological polar surface area (TPSA) is 0 Å². The molecule has 14 heavy (non-hydrogen) atoms. The normalized spacial score (nSPS) is 13.3. The van der Waals surface area contributed by atoms with E-state index < -0.39 is 0 Å². The fourth-order valence-corrected chi connectivity index (χ4v) is 1.99. The van der Waals surface area contributed by atoms with E-state index in [2.05, 4.69) is 13.8 Å². The lowest BCUT2D eigenvalue weighted by atomic mass is 10.0. The third-order valence-corrected chi connectivity index (χ3v) is 2.63. The molecule has 0 saturated carbocycles. The lowest BCUT2D eigenvalue weighted by molar-refractivity contribution is 0.548. The Kier molecular flexibility index (Phi) is 4.21. The second-order valence-corrected chi connectivity index (χ2v) is 4.73. The summed E-state index contributed by atoms with van der Waals surface area (Å²) in [4.78, 5) is 0. The molecule has 0 aliphatic rings. The molecule has 0 N–H and O–H groups in total. The molecule has 1 rings (SSSR count). The van der Waals surface area contributed by atoms with Gasteiger partial charge in [-0.05, 0) is 24.5 Å². The molecule has 0 radical (unpaired) electrons. The van der Waals surface area contributed by atoms with Gasteiger partial charge in [-0.1, -0.05) is 31.5 Å². The minimum Gasteiger partial charge on any atom is -0.207 e. The molecule has 1 aromatic carbocycles. The van der Waals surface area contributed by atoms with E-state index >= 15 is 0 Å². The summed E-state index contributed by atoms with van der Waals surface area (Å²) in [5.74, 6) is 0.130.